The zero-order valence-electron chi connectivity index (χ0n) is 21.2. The fourth-order valence-electron chi connectivity index (χ4n) is 4.94. The monoisotopic (exact) mass is 543 g/mol. The summed E-state index contributed by atoms with van der Waals surface area (Å²) in [7, 11) is 0. The van der Waals surface area contributed by atoms with Crippen LogP contribution in [0.2, 0.25) is 5.02 Å². The van der Waals surface area contributed by atoms with Crippen LogP contribution in [0.1, 0.15) is 43.4 Å². The van der Waals surface area contributed by atoms with Gasteiger partial charge < -0.3 is 14.8 Å². The fraction of sp³-hybridized carbons (Fsp3) is 0.200. The van der Waals surface area contributed by atoms with E-state index in [2.05, 4.69) is 10.1 Å². The molecule has 8 nitrogen and oxygen atoms in total. The summed E-state index contributed by atoms with van der Waals surface area (Å²) in [6, 6.07) is 21.5. The number of carbonyl (C=O) groups excluding carboxylic acids is 1. The van der Waals surface area contributed by atoms with Crippen LogP contribution < -0.4 is 10.3 Å². The van der Waals surface area contributed by atoms with Crippen LogP contribution in [0.4, 0.5) is 0 Å². The predicted molar refractivity (Wildman–Crippen MR) is 150 cm³/mol. The average Bonchev–Trinajstić information content (AvgIpc) is 3.37. The summed E-state index contributed by atoms with van der Waals surface area (Å²) >= 11 is 6.16. The van der Waals surface area contributed by atoms with Gasteiger partial charge >= 0.3 is 5.97 Å². The quantitative estimate of drug-likeness (QED) is 0.292. The van der Waals surface area contributed by atoms with Crippen LogP contribution >= 0.6 is 11.6 Å². The summed E-state index contributed by atoms with van der Waals surface area (Å²) in [6.45, 7) is 2.30. The summed E-state index contributed by atoms with van der Waals surface area (Å²) in [5.41, 5.74) is 3.29. The number of nitrogens with one attached hydrogen (secondary N) is 1. The van der Waals surface area contributed by atoms with Crippen molar-refractivity contribution in [2.24, 2.45) is 5.10 Å². The molecule has 0 bridgehead atoms. The van der Waals surface area contributed by atoms with Gasteiger partial charge in [-0.25, -0.2) is 5.01 Å². The maximum absolute atomic E-state index is 13.6. The molecule has 3 aromatic carbocycles. The molecule has 0 saturated carbocycles. The Balaban J connectivity index is 1.69. The zero-order valence-corrected chi connectivity index (χ0v) is 21.9. The van der Waals surface area contributed by atoms with Crippen molar-refractivity contribution in [3.05, 3.63) is 99.3 Å². The molecule has 5 rings (SSSR count). The fourth-order valence-corrected chi connectivity index (χ4v) is 5.07. The van der Waals surface area contributed by atoms with E-state index in [9.17, 15) is 14.4 Å². The number of pyridine rings is 1. The highest BCUT2D eigenvalue weighted by molar-refractivity contribution is 6.30. The molecule has 1 atom stereocenters. The van der Waals surface area contributed by atoms with Crippen LogP contribution in [-0.4, -0.2) is 39.3 Å². The van der Waals surface area contributed by atoms with Crippen LogP contribution in [0, 0.1) is 0 Å². The van der Waals surface area contributed by atoms with Crippen molar-refractivity contribution in [2.75, 3.05) is 6.61 Å². The number of hydrogen-bond acceptors (Lipinski definition) is 5. The van der Waals surface area contributed by atoms with Gasteiger partial charge in [0.25, 0.3) is 5.56 Å². The van der Waals surface area contributed by atoms with E-state index in [1.54, 1.807) is 12.1 Å². The first kappa shape index (κ1) is 26.2. The lowest BCUT2D eigenvalue weighted by molar-refractivity contribution is -0.141. The second kappa shape index (κ2) is 11.1. The molecule has 1 amide bonds. The van der Waals surface area contributed by atoms with Gasteiger partial charge in [-0.2, -0.15) is 5.10 Å². The van der Waals surface area contributed by atoms with E-state index >= 15 is 0 Å². The van der Waals surface area contributed by atoms with Gasteiger partial charge in [0, 0.05) is 39.9 Å². The third-order valence-electron chi connectivity index (χ3n) is 6.64. The van der Waals surface area contributed by atoms with Gasteiger partial charge in [-0.1, -0.05) is 60.1 Å². The van der Waals surface area contributed by atoms with Crippen molar-refractivity contribution in [1.82, 2.24) is 9.99 Å². The molecule has 2 N–H and O–H groups in total. The van der Waals surface area contributed by atoms with Gasteiger partial charge in [0.05, 0.1) is 30.3 Å². The molecule has 0 saturated heterocycles. The summed E-state index contributed by atoms with van der Waals surface area (Å²) in [5, 5.41) is 16.5. The number of hydrogen-bond donors (Lipinski definition) is 2. The Morgan fingerprint density at radius 2 is 1.74 bits per heavy atom. The maximum Gasteiger partial charge on any atom is 0.303 e. The molecule has 1 aliphatic heterocycles. The average molecular weight is 544 g/mol. The van der Waals surface area contributed by atoms with Crippen molar-refractivity contribution in [2.45, 2.75) is 32.2 Å². The van der Waals surface area contributed by atoms with Gasteiger partial charge in [-0.05, 0) is 36.8 Å². The van der Waals surface area contributed by atoms with E-state index in [0.29, 0.717) is 39.7 Å². The second-order valence-corrected chi connectivity index (χ2v) is 9.56. The molecular formula is C30H26ClN3O5. The third kappa shape index (κ3) is 5.28. The summed E-state index contributed by atoms with van der Waals surface area (Å²) < 4.78 is 5.84. The number of aromatic nitrogens is 1. The highest BCUT2D eigenvalue weighted by atomic mass is 35.5. The second-order valence-electron chi connectivity index (χ2n) is 9.13. The van der Waals surface area contributed by atoms with Crippen LogP contribution in [0.25, 0.3) is 22.0 Å². The Hall–Kier alpha value is -4.43. The lowest BCUT2D eigenvalue weighted by Gasteiger charge is -2.23. The Bertz CT molecular complexity index is 1640. The molecule has 1 aromatic heterocycles. The van der Waals surface area contributed by atoms with Crippen molar-refractivity contribution < 1.29 is 19.4 Å². The molecule has 0 aliphatic carbocycles. The molecule has 9 heteroatoms. The maximum atomic E-state index is 13.6. The minimum atomic E-state index is -1.07. The van der Waals surface area contributed by atoms with E-state index in [1.807, 2.05) is 67.6 Å². The molecule has 39 heavy (non-hydrogen) atoms. The number of halogens is 1. The number of carboxylic acids is 1. The van der Waals surface area contributed by atoms with Crippen molar-refractivity contribution in [1.29, 1.82) is 0 Å². The van der Waals surface area contributed by atoms with Crippen LogP contribution in [0.5, 0.6) is 5.75 Å². The Labute approximate surface area is 229 Å². The van der Waals surface area contributed by atoms with Crippen molar-refractivity contribution in [3.8, 4) is 16.9 Å². The number of fused-ring (bicyclic) bond motifs is 1. The molecule has 0 fully saturated rings. The number of carboxylic acid groups (broad SMARTS) is 1. The first-order valence-electron chi connectivity index (χ1n) is 12.6. The van der Waals surface area contributed by atoms with Gasteiger partial charge in [0.2, 0.25) is 5.91 Å². The minimum Gasteiger partial charge on any atom is -0.494 e. The molecule has 1 aliphatic rings. The number of para-hydroxylation sites is 2. The first-order chi connectivity index (χ1) is 18.9. The summed E-state index contributed by atoms with van der Waals surface area (Å²) in [6.07, 6.45) is -0.310. The van der Waals surface area contributed by atoms with E-state index in [0.717, 1.165) is 16.5 Å². The highest BCUT2D eigenvalue weighted by Gasteiger charge is 2.36. The number of H-pyrrole nitrogens is 1. The highest BCUT2D eigenvalue weighted by Crippen LogP contribution is 2.40. The number of rotatable bonds is 8. The lowest BCUT2D eigenvalue weighted by atomic mass is 9.91. The number of aromatic amines is 1. The standard InChI is InChI=1S/C30H26ClN3O5/c1-2-39-25-10-6-4-8-21(25)24-17-23(33-34(24)26(35)15-16-27(36)37)29-28(18-11-13-19(31)14-12-18)20-7-3-5-9-22(20)32-30(29)38/h3-14,24H,2,15-17H2,1H3,(H,32,38)(H,36,37)/t24-/m0/s1. The largest absolute Gasteiger partial charge is 0.494 e. The van der Waals surface area contributed by atoms with E-state index < -0.39 is 17.9 Å². The molecule has 2 heterocycles. The molecule has 0 spiro atoms. The molecule has 4 aromatic rings. The number of nitrogens with zero attached hydrogens (tertiary/aromatic N) is 2. The van der Waals surface area contributed by atoms with Crippen molar-refractivity contribution >= 4 is 40.1 Å². The zero-order chi connectivity index (χ0) is 27.5. The van der Waals surface area contributed by atoms with Crippen LogP contribution in [0.3, 0.4) is 0 Å². The number of aliphatic carboxylic acids is 1. The first-order valence-corrected chi connectivity index (χ1v) is 13.0. The number of benzene rings is 3. The molecular weight excluding hydrogens is 518 g/mol. The Morgan fingerprint density at radius 1 is 1.03 bits per heavy atom. The SMILES string of the molecule is CCOc1ccccc1[C@@H]1CC(c2c(-c3ccc(Cl)cc3)c3ccccc3[nH]c2=O)=NN1C(=O)CCC(=O)O. The molecule has 0 unspecified atom stereocenters. The predicted octanol–water partition coefficient (Wildman–Crippen LogP) is 5.79. The summed E-state index contributed by atoms with van der Waals surface area (Å²) in [5.74, 6) is -0.925. The minimum absolute atomic E-state index is 0.225. The normalized spacial score (nSPS) is 14.9. The Morgan fingerprint density at radius 3 is 2.49 bits per heavy atom. The topological polar surface area (TPSA) is 112 Å². The van der Waals surface area contributed by atoms with E-state index in [-0.39, 0.29) is 24.8 Å². The summed E-state index contributed by atoms with van der Waals surface area (Å²) in [4.78, 5) is 41.1. The van der Waals surface area contributed by atoms with Crippen LogP contribution in [0.15, 0.2) is 82.7 Å². The molecule has 198 valence electrons. The van der Waals surface area contributed by atoms with Gasteiger partial charge in [-0.3, -0.25) is 14.4 Å². The van der Waals surface area contributed by atoms with Crippen molar-refractivity contribution in [3.63, 3.8) is 0 Å². The smallest absolute Gasteiger partial charge is 0.303 e. The number of ether oxygens (including phenoxy) is 1. The van der Waals surface area contributed by atoms with E-state index in [1.165, 1.54) is 5.01 Å². The molecule has 0 radical (unpaired) electrons. The van der Waals surface area contributed by atoms with E-state index in [4.69, 9.17) is 21.4 Å². The Kier molecular flexibility index (Phi) is 7.47. The number of hydrazone groups is 1. The van der Waals surface area contributed by atoms with Crippen LogP contribution in [-0.2, 0) is 9.59 Å². The number of carbonyl (C=O) groups is 2. The van der Waals surface area contributed by atoms with Gasteiger partial charge in [0.15, 0.2) is 0 Å². The number of amides is 1. The lowest BCUT2D eigenvalue weighted by Crippen LogP contribution is -2.27. The van der Waals surface area contributed by atoms with Gasteiger partial charge in [-0.15, -0.1) is 0 Å². The van der Waals surface area contributed by atoms with Gasteiger partial charge in [0.1, 0.15) is 5.75 Å². The third-order valence-corrected chi connectivity index (χ3v) is 6.89.